The van der Waals surface area contributed by atoms with E-state index >= 15 is 0 Å². The molecule has 2 amide bonds. The molecule has 2 unspecified atom stereocenters. The molecule has 1 aliphatic rings. The number of piperidine rings is 1. The number of hydrogen-bond donors (Lipinski definition) is 2. The highest BCUT2D eigenvalue weighted by atomic mass is 16.6. The van der Waals surface area contributed by atoms with Crippen molar-refractivity contribution in [3.05, 3.63) is 64.6 Å². The van der Waals surface area contributed by atoms with Crippen molar-refractivity contribution in [1.29, 1.82) is 0 Å². The molecule has 3 rings (SSSR count). The minimum atomic E-state index is -0.585. The maximum atomic E-state index is 12.7. The Morgan fingerprint density at radius 2 is 1.83 bits per heavy atom. The molecule has 8 heteroatoms. The van der Waals surface area contributed by atoms with E-state index < -0.39 is 11.7 Å². The van der Waals surface area contributed by atoms with Gasteiger partial charge in [0.25, 0.3) is 11.5 Å². The molecule has 0 bridgehead atoms. The third-order valence-corrected chi connectivity index (χ3v) is 4.86. The number of pyridine rings is 1. The van der Waals surface area contributed by atoms with Crippen LogP contribution in [-0.4, -0.2) is 52.2 Å². The summed E-state index contributed by atoms with van der Waals surface area (Å²) in [5.74, 6) is -0.284. The average molecular weight is 412 g/mol. The molecule has 2 heterocycles. The lowest BCUT2D eigenvalue weighted by atomic mass is 10.00. The first kappa shape index (κ1) is 21.6. The van der Waals surface area contributed by atoms with Gasteiger partial charge in [-0.05, 0) is 57.5 Å². The highest BCUT2D eigenvalue weighted by molar-refractivity contribution is 5.94. The first-order valence-corrected chi connectivity index (χ1v) is 9.96. The molecule has 1 aromatic carbocycles. The summed E-state index contributed by atoms with van der Waals surface area (Å²) < 4.78 is 6.92. The van der Waals surface area contributed by atoms with E-state index in [1.165, 1.54) is 10.6 Å². The van der Waals surface area contributed by atoms with Crippen molar-refractivity contribution in [3.63, 3.8) is 0 Å². The number of carbonyl (C=O) groups excluding carboxylic acids is 2. The van der Waals surface area contributed by atoms with E-state index in [-0.39, 0.29) is 23.6 Å². The quantitative estimate of drug-likeness (QED) is 0.801. The van der Waals surface area contributed by atoms with Crippen LogP contribution in [0, 0.1) is 0 Å². The van der Waals surface area contributed by atoms with E-state index in [4.69, 9.17) is 10.5 Å². The van der Waals surface area contributed by atoms with Crippen LogP contribution in [-0.2, 0) is 4.74 Å². The van der Waals surface area contributed by atoms with Crippen LogP contribution in [0.4, 0.5) is 4.79 Å². The van der Waals surface area contributed by atoms with Gasteiger partial charge >= 0.3 is 6.09 Å². The Bertz CT molecular complexity index is 962. The largest absolute Gasteiger partial charge is 0.444 e. The zero-order valence-corrected chi connectivity index (χ0v) is 17.5. The van der Waals surface area contributed by atoms with Crippen LogP contribution in [0.2, 0.25) is 0 Å². The van der Waals surface area contributed by atoms with Gasteiger partial charge in [-0.1, -0.05) is 6.07 Å². The number of rotatable bonds is 3. The Morgan fingerprint density at radius 3 is 2.47 bits per heavy atom. The van der Waals surface area contributed by atoms with Crippen molar-refractivity contribution in [2.24, 2.45) is 5.73 Å². The molecule has 1 aliphatic heterocycles. The third-order valence-electron chi connectivity index (χ3n) is 4.86. The molecule has 0 aliphatic carbocycles. The van der Waals surface area contributed by atoms with Crippen LogP contribution in [0.5, 0.6) is 0 Å². The Kier molecular flexibility index (Phi) is 6.26. The minimum Gasteiger partial charge on any atom is -0.444 e. The number of nitrogens with two attached hydrogens (primary N) is 1. The number of likely N-dealkylation sites (tertiary alicyclic amines) is 1. The van der Waals surface area contributed by atoms with Gasteiger partial charge in [0.1, 0.15) is 5.60 Å². The first-order valence-electron chi connectivity index (χ1n) is 9.96. The molecule has 8 nitrogen and oxygen atoms in total. The molecule has 1 saturated heterocycles. The molecule has 2 atom stereocenters. The van der Waals surface area contributed by atoms with Crippen LogP contribution in [0.3, 0.4) is 0 Å². The van der Waals surface area contributed by atoms with Gasteiger partial charge in [-0.3, -0.25) is 14.2 Å². The molecule has 1 fully saturated rings. The van der Waals surface area contributed by atoms with Gasteiger partial charge in [0.15, 0.2) is 0 Å². The van der Waals surface area contributed by atoms with Crippen LogP contribution in [0.15, 0.2) is 53.5 Å². The second-order valence-corrected chi connectivity index (χ2v) is 8.41. The van der Waals surface area contributed by atoms with Gasteiger partial charge in [0.2, 0.25) is 0 Å². The summed E-state index contributed by atoms with van der Waals surface area (Å²) in [5.41, 5.74) is 6.56. The standard InChI is InChI=1S/C22H28N4O4/c1-22(2,3)30-21(29)25-13-11-17(23)18(14-25)24-20(28)15-7-9-16(10-8-15)26-12-5-4-6-19(26)27/h4-10,12,17-18H,11,13-14,23H2,1-3H3,(H,24,28). The summed E-state index contributed by atoms with van der Waals surface area (Å²) >= 11 is 0. The third kappa shape index (κ3) is 5.27. The van der Waals surface area contributed by atoms with E-state index in [1.54, 1.807) is 47.5 Å². The molecule has 1 aromatic heterocycles. The number of carbonyl (C=O) groups is 2. The lowest BCUT2D eigenvalue weighted by molar-refractivity contribution is 0.0172. The van der Waals surface area contributed by atoms with E-state index in [0.29, 0.717) is 30.8 Å². The van der Waals surface area contributed by atoms with Gasteiger partial charge in [-0.15, -0.1) is 0 Å². The topological polar surface area (TPSA) is 107 Å². The smallest absolute Gasteiger partial charge is 0.410 e. The summed E-state index contributed by atoms with van der Waals surface area (Å²) in [4.78, 5) is 38.6. The van der Waals surface area contributed by atoms with Crippen LogP contribution in [0.1, 0.15) is 37.6 Å². The Hall–Kier alpha value is -3.13. The van der Waals surface area contributed by atoms with E-state index in [0.717, 1.165) is 0 Å². The normalized spacial score (nSPS) is 19.3. The lowest BCUT2D eigenvalue weighted by Gasteiger charge is -2.37. The van der Waals surface area contributed by atoms with E-state index in [2.05, 4.69) is 5.32 Å². The van der Waals surface area contributed by atoms with E-state index in [1.807, 2.05) is 20.8 Å². The van der Waals surface area contributed by atoms with Crippen LogP contribution < -0.4 is 16.6 Å². The highest BCUT2D eigenvalue weighted by Gasteiger charge is 2.32. The SMILES string of the molecule is CC(C)(C)OC(=O)N1CCC(N)C(NC(=O)c2ccc(-n3ccccc3=O)cc2)C1. The predicted molar refractivity (Wildman–Crippen MR) is 114 cm³/mol. The molecule has 3 N–H and O–H groups in total. The van der Waals surface area contributed by atoms with Gasteiger partial charge in [-0.25, -0.2) is 4.79 Å². The number of amides is 2. The highest BCUT2D eigenvalue weighted by Crippen LogP contribution is 2.16. The maximum Gasteiger partial charge on any atom is 0.410 e. The van der Waals surface area contributed by atoms with E-state index in [9.17, 15) is 14.4 Å². The van der Waals surface area contributed by atoms with Gasteiger partial charge in [-0.2, -0.15) is 0 Å². The molecular formula is C22H28N4O4. The van der Waals surface area contributed by atoms with Crippen molar-refractivity contribution in [2.45, 2.75) is 44.9 Å². The summed E-state index contributed by atoms with van der Waals surface area (Å²) in [6, 6.07) is 11.0. The Labute approximate surface area is 175 Å². The molecule has 0 radical (unpaired) electrons. The van der Waals surface area contributed by atoms with Gasteiger partial charge in [0, 0.05) is 42.6 Å². The fourth-order valence-corrected chi connectivity index (χ4v) is 3.28. The van der Waals surface area contributed by atoms with Gasteiger partial charge < -0.3 is 20.7 Å². The summed E-state index contributed by atoms with van der Waals surface area (Å²) in [5, 5.41) is 2.92. The number of nitrogens with one attached hydrogen (secondary N) is 1. The maximum absolute atomic E-state index is 12.7. The molecule has 2 aromatic rings. The fourth-order valence-electron chi connectivity index (χ4n) is 3.28. The molecular weight excluding hydrogens is 384 g/mol. The van der Waals surface area contributed by atoms with Crippen molar-refractivity contribution in [2.75, 3.05) is 13.1 Å². The zero-order valence-electron chi connectivity index (χ0n) is 17.5. The lowest BCUT2D eigenvalue weighted by Crippen LogP contribution is -2.59. The second-order valence-electron chi connectivity index (χ2n) is 8.41. The Morgan fingerprint density at radius 1 is 1.13 bits per heavy atom. The monoisotopic (exact) mass is 412 g/mol. The molecule has 0 spiro atoms. The number of aromatic nitrogens is 1. The second kappa shape index (κ2) is 8.71. The van der Waals surface area contributed by atoms with Crippen molar-refractivity contribution < 1.29 is 14.3 Å². The molecule has 0 saturated carbocycles. The van der Waals surface area contributed by atoms with Crippen LogP contribution >= 0.6 is 0 Å². The summed E-state index contributed by atoms with van der Waals surface area (Å²) in [6.07, 6.45) is 1.83. The van der Waals surface area contributed by atoms with Gasteiger partial charge in [0.05, 0.1) is 6.04 Å². The van der Waals surface area contributed by atoms with Crippen molar-refractivity contribution in [1.82, 2.24) is 14.8 Å². The van der Waals surface area contributed by atoms with Crippen LogP contribution in [0.25, 0.3) is 5.69 Å². The van der Waals surface area contributed by atoms with Crippen molar-refractivity contribution >= 4 is 12.0 Å². The number of ether oxygens (including phenoxy) is 1. The average Bonchev–Trinajstić information content (AvgIpc) is 2.69. The summed E-state index contributed by atoms with van der Waals surface area (Å²) in [6.45, 7) is 6.22. The molecule has 160 valence electrons. The zero-order chi connectivity index (χ0) is 21.9. The Balaban J connectivity index is 1.66. The minimum absolute atomic E-state index is 0.148. The summed E-state index contributed by atoms with van der Waals surface area (Å²) in [7, 11) is 0. The van der Waals surface area contributed by atoms with Crippen molar-refractivity contribution in [3.8, 4) is 5.69 Å². The number of nitrogens with zero attached hydrogens (tertiary/aromatic N) is 2. The predicted octanol–water partition coefficient (Wildman–Crippen LogP) is 1.90. The number of hydrogen-bond acceptors (Lipinski definition) is 5. The molecule has 30 heavy (non-hydrogen) atoms. The fraction of sp³-hybridized carbons (Fsp3) is 0.409. The first-order chi connectivity index (χ1) is 14.1. The number of benzene rings is 1.